The van der Waals surface area contributed by atoms with Gasteiger partial charge in [-0.05, 0) is 73.1 Å². The molecule has 1 aromatic heterocycles. The zero-order chi connectivity index (χ0) is 27.3. The molecular weight excluding hydrogens is 498 g/mol. The maximum atomic E-state index is 13.6. The number of allylic oxidation sites excluding steroid dienone is 4. The second-order valence-corrected chi connectivity index (χ2v) is 11.6. The van der Waals surface area contributed by atoms with Crippen LogP contribution in [0.1, 0.15) is 51.3 Å². The molecule has 1 unspecified atom stereocenters. The summed E-state index contributed by atoms with van der Waals surface area (Å²) in [6.45, 7) is 8.62. The van der Waals surface area contributed by atoms with Crippen LogP contribution in [0.15, 0.2) is 96.1 Å². The summed E-state index contributed by atoms with van der Waals surface area (Å²) in [6.07, 6.45) is 14.1. The molecule has 0 saturated carbocycles. The number of hydrogen-bond donors (Lipinski definition) is 2. The number of carbonyl (C=O) groups is 1. The molecule has 1 atom stereocenters. The van der Waals surface area contributed by atoms with Crippen LogP contribution in [0.3, 0.4) is 0 Å². The fourth-order valence-electron chi connectivity index (χ4n) is 4.03. The third-order valence-corrected chi connectivity index (χ3v) is 6.95. The van der Waals surface area contributed by atoms with Gasteiger partial charge in [0, 0.05) is 40.9 Å². The van der Waals surface area contributed by atoms with Gasteiger partial charge in [0.2, 0.25) is 0 Å². The topological polar surface area (TPSA) is 80.5 Å². The van der Waals surface area contributed by atoms with Gasteiger partial charge in [-0.25, -0.2) is 4.39 Å². The number of halogens is 1. The van der Waals surface area contributed by atoms with Crippen LogP contribution in [0.25, 0.3) is 5.57 Å². The lowest BCUT2D eigenvalue weighted by molar-refractivity contribution is -0.116. The van der Waals surface area contributed by atoms with Crippen molar-refractivity contribution in [2.45, 2.75) is 47.0 Å². The van der Waals surface area contributed by atoms with Crippen LogP contribution in [0.2, 0.25) is 0 Å². The van der Waals surface area contributed by atoms with E-state index in [1.54, 1.807) is 18.3 Å². The van der Waals surface area contributed by atoms with Crippen molar-refractivity contribution in [2.75, 3.05) is 0 Å². The summed E-state index contributed by atoms with van der Waals surface area (Å²) in [7, 11) is -0.00345. The number of nitrogens with zero attached hydrogens (tertiary/aromatic N) is 2. The molecular formula is C30H34FN4O2P. The molecule has 2 aliphatic heterocycles. The van der Waals surface area contributed by atoms with Gasteiger partial charge in [0.1, 0.15) is 26.6 Å². The number of carbonyl (C=O) groups excluding carboxylic acids is 1. The van der Waals surface area contributed by atoms with Gasteiger partial charge in [0.05, 0.1) is 5.70 Å². The lowest BCUT2D eigenvalue weighted by Crippen LogP contribution is -2.31. The average Bonchev–Trinajstić information content (AvgIpc) is 2.87. The fraction of sp³-hybridized carbons (Fsp3) is 0.267. The first-order chi connectivity index (χ1) is 18.1. The standard InChI is InChI=1S/C30H34FN4O2P/c1-20-15-25(12-14-33-20)38-37-19-27(32)29(36)34-28-18-35-17-21(11-13-30(2,3)4)5-10-24(35)16-26(28)22-6-8-23(31)9-7-22/h6-10,12,14-19,38H,5,11,13,32H2,1-4H3,(H,34,36)/b27-19-. The fourth-order valence-corrected chi connectivity index (χ4v) is 4.76. The minimum atomic E-state index is -0.485. The highest BCUT2D eigenvalue weighted by Crippen LogP contribution is 2.35. The molecule has 0 aliphatic carbocycles. The van der Waals surface area contributed by atoms with E-state index in [4.69, 9.17) is 10.3 Å². The lowest BCUT2D eigenvalue weighted by atomic mass is 9.87. The molecule has 0 spiro atoms. The summed E-state index contributed by atoms with van der Waals surface area (Å²) >= 11 is 0. The minimum Gasteiger partial charge on any atom is -0.478 e. The molecule has 2 aliphatic rings. The van der Waals surface area contributed by atoms with E-state index >= 15 is 0 Å². The second kappa shape index (κ2) is 11.8. The molecule has 1 aromatic carbocycles. The SMILES string of the molecule is Cc1cc(PO/C=C(\N)C(=O)NC2=CN3C=C(CCC(C)(C)C)CC=C3C=C2c2ccc(F)cc2)ccn1. The highest BCUT2D eigenvalue weighted by molar-refractivity contribution is 7.42. The first-order valence-electron chi connectivity index (χ1n) is 12.6. The van der Waals surface area contributed by atoms with E-state index in [1.807, 2.05) is 36.2 Å². The van der Waals surface area contributed by atoms with Crippen molar-refractivity contribution in [3.63, 3.8) is 0 Å². The van der Waals surface area contributed by atoms with Crippen molar-refractivity contribution < 1.29 is 13.7 Å². The van der Waals surface area contributed by atoms with E-state index in [9.17, 15) is 9.18 Å². The average molecular weight is 533 g/mol. The predicted molar refractivity (Wildman–Crippen MR) is 152 cm³/mol. The monoisotopic (exact) mass is 532 g/mol. The molecule has 0 bridgehead atoms. The van der Waals surface area contributed by atoms with E-state index in [1.165, 1.54) is 24.0 Å². The second-order valence-electron chi connectivity index (χ2n) is 10.6. The third-order valence-electron chi connectivity index (χ3n) is 6.16. The number of amides is 1. The number of hydrogen-bond acceptors (Lipinski definition) is 5. The Morgan fingerprint density at radius 1 is 1.24 bits per heavy atom. The van der Waals surface area contributed by atoms with Gasteiger partial charge in [-0.2, -0.15) is 0 Å². The van der Waals surface area contributed by atoms with Crippen molar-refractivity contribution in [3.05, 3.63) is 113 Å². The molecule has 198 valence electrons. The first kappa shape index (κ1) is 27.3. The van der Waals surface area contributed by atoms with Gasteiger partial charge in [-0.1, -0.05) is 39.0 Å². The van der Waals surface area contributed by atoms with Crippen LogP contribution >= 0.6 is 8.81 Å². The highest BCUT2D eigenvalue weighted by atomic mass is 31.1. The number of rotatable bonds is 8. The lowest BCUT2D eigenvalue weighted by Gasteiger charge is -2.31. The molecule has 4 rings (SSSR count). The van der Waals surface area contributed by atoms with Gasteiger partial charge in [0.15, 0.2) is 0 Å². The molecule has 38 heavy (non-hydrogen) atoms. The Morgan fingerprint density at radius 3 is 2.71 bits per heavy atom. The quantitative estimate of drug-likeness (QED) is 0.251. The Kier molecular flexibility index (Phi) is 8.48. The van der Waals surface area contributed by atoms with E-state index in [2.05, 4.69) is 43.3 Å². The maximum absolute atomic E-state index is 13.6. The minimum absolute atomic E-state index is 0.00345. The number of fused-ring (bicyclic) bond motifs is 1. The van der Waals surface area contributed by atoms with Crippen molar-refractivity contribution in [1.29, 1.82) is 0 Å². The number of nitrogens with two attached hydrogens (primary N) is 1. The first-order valence-corrected chi connectivity index (χ1v) is 13.5. The van der Waals surface area contributed by atoms with Gasteiger partial charge < -0.3 is 20.5 Å². The van der Waals surface area contributed by atoms with Crippen LogP contribution in [0, 0.1) is 18.2 Å². The van der Waals surface area contributed by atoms with Crippen molar-refractivity contribution in [3.8, 4) is 0 Å². The zero-order valence-electron chi connectivity index (χ0n) is 22.2. The number of benzene rings is 1. The summed E-state index contributed by atoms with van der Waals surface area (Å²) in [4.78, 5) is 19.2. The van der Waals surface area contributed by atoms with E-state index in [0.717, 1.165) is 47.1 Å². The maximum Gasteiger partial charge on any atom is 0.274 e. The molecule has 0 fully saturated rings. The van der Waals surface area contributed by atoms with Crippen LogP contribution < -0.4 is 16.4 Å². The summed E-state index contributed by atoms with van der Waals surface area (Å²) < 4.78 is 19.2. The Hall–Kier alpha value is -3.70. The molecule has 0 radical (unpaired) electrons. The zero-order valence-corrected chi connectivity index (χ0v) is 23.2. The molecule has 3 heterocycles. The predicted octanol–water partition coefficient (Wildman–Crippen LogP) is 5.92. The van der Waals surface area contributed by atoms with E-state index in [-0.39, 0.29) is 25.7 Å². The Morgan fingerprint density at radius 2 is 2.00 bits per heavy atom. The normalized spacial score (nSPS) is 15.9. The largest absolute Gasteiger partial charge is 0.478 e. The van der Waals surface area contributed by atoms with Crippen molar-refractivity contribution in [2.24, 2.45) is 11.1 Å². The molecule has 0 saturated heterocycles. The van der Waals surface area contributed by atoms with Crippen molar-refractivity contribution >= 4 is 25.6 Å². The van der Waals surface area contributed by atoms with E-state index in [0.29, 0.717) is 5.70 Å². The van der Waals surface area contributed by atoms with Crippen LogP contribution in [0.5, 0.6) is 0 Å². The molecule has 2 aromatic rings. The van der Waals surface area contributed by atoms with Crippen LogP contribution in [-0.2, 0) is 9.32 Å². The molecule has 6 nitrogen and oxygen atoms in total. The highest BCUT2D eigenvalue weighted by Gasteiger charge is 2.23. The van der Waals surface area contributed by atoms with Gasteiger partial charge in [-0.15, -0.1) is 0 Å². The number of pyridine rings is 1. The van der Waals surface area contributed by atoms with Gasteiger partial charge in [0.25, 0.3) is 5.91 Å². The van der Waals surface area contributed by atoms with Crippen LogP contribution in [-0.4, -0.2) is 15.8 Å². The molecule has 8 heteroatoms. The summed E-state index contributed by atoms with van der Waals surface area (Å²) in [5, 5.41) is 3.88. The van der Waals surface area contributed by atoms with Crippen molar-refractivity contribution in [1.82, 2.24) is 15.2 Å². The van der Waals surface area contributed by atoms with Crippen LogP contribution in [0.4, 0.5) is 4.39 Å². The number of aromatic nitrogens is 1. The Bertz CT molecular complexity index is 1350. The summed E-state index contributed by atoms with van der Waals surface area (Å²) in [5.41, 5.74) is 11.6. The van der Waals surface area contributed by atoms with E-state index < -0.39 is 5.91 Å². The summed E-state index contributed by atoms with van der Waals surface area (Å²) in [6, 6.07) is 9.99. The summed E-state index contributed by atoms with van der Waals surface area (Å²) in [5.74, 6) is -0.805. The van der Waals surface area contributed by atoms with Gasteiger partial charge >= 0.3 is 0 Å². The number of aryl methyl sites for hydroxylation is 1. The third kappa shape index (κ3) is 7.42. The smallest absolute Gasteiger partial charge is 0.274 e. The Labute approximate surface area is 225 Å². The Balaban J connectivity index is 1.53. The van der Waals surface area contributed by atoms with Gasteiger partial charge in [-0.3, -0.25) is 9.78 Å². The molecule has 3 N–H and O–H groups in total. The molecule has 1 amide bonds. The number of nitrogens with one attached hydrogen (secondary N) is 1.